The predicted molar refractivity (Wildman–Crippen MR) is 104 cm³/mol. The van der Waals surface area contributed by atoms with E-state index in [1.165, 1.54) is 44.9 Å². The van der Waals surface area contributed by atoms with Crippen LogP contribution in [-0.2, 0) is 0 Å². The first-order valence-corrected chi connectivity index (χ1v) is 10.7. The van der Waals surface area contributed by atoms with E-state index in [0.29, 0.717) is 0 Å². The SMILES string of the molecule is CCCCCCC[NH+]=C(SCC)N(CCCCCCC)C(=O)Cl. The molecular formula is C18H36ClN2OS+. The molecule has 0 rings (SSSR count). The van der Waals surface area contributed by atoms with E-state index in [9.17, 15) is 4.79 Å². The van der Waals surface area contributed by atoms with Crippen LogP contribution in [0.2, 0.25) is 0 Å². The van der Waals surface area contributed by atoms with E-state index in [-0.39, 0.29) is 5.37 Å². The molecule has 0 aliphatic carbocycles. The Morgan fingerprint density at radius 1 is 0.913 bits per heavy atom. The van der Waals surface area contributed by atoms with Gasteiger partial charge in [0.25, 0.3) is 0 Å². The lowest BCUT2D eigenvalue weighted by atomic mass is 10.1. The van der Waals surface area contributed by atoms with Gasteiger partial charge in [0.2, 0.25) is 0 Å². The van der Waals surface area contributed by atoms with E-state index < -0.39 is 0 Å². The number of carbonyl (C=O) groups excluding carboxylic acids is 1. The molecular weight excluding hydrogens is 328 g/mol. The van der Waals surface area contributed by atoms with Gasteiger partial charge in [-0.1, -0.05) is 59.3 Å². The van der Waals surface area contributed by atoms with Gasteiger partial charge in [-0.25, -0.2) is 4.79 Å². The number of rotatable bonds is 13. The van der Waals surface area contributed by atoms with Crippen molar-refractivity contribution in [2.75, 3.05) is 18.8 Å². The minimum atomic E-state index is -0.366. The summed E-state index contributed by atoms with van der Waals surface area (Å²) >= 11 is 7.48. The lowest BCUT2D eigenvalue weighted by Gasteiger charge is -2.13. The van der Waals surface area contributed by atoms with Gasteiger partial charge >= 0.3 is 10.5 Å². The molecule has 0 atom stereocenters. The summed E-state index contributed by atoms with van der Waals surface area (Å²) in [6, 6.07) is 0. The Balaban J connectivity index is 4.35. The van der Waals surface area contributed by atoms with Crippen molar-refractivity contribution in [1.82, 2.24) is 4.90 Å². The second-order valence-corrected chi connectivity index (χ2v) is 7.47. The third kappa shape index (κ3) is 12.8. The summed E-state index contributed by atoms with van der Waals surface area (Å²) in [5, 5.41) is 0.563. The van der Waals surface area contributed by atoms with Crippen LogP contribution in [0.1, 0.15) is 85.0 Å². The third-order valence-corrected chi connectivity index (χ3v) is 4.91. The maximum Gasteiger partial charge on any atom is 0.405 e. The van der Waals surface area contributed by atoms with Crippen LogP contribution in [-0.4, -0.2) is 34.3 Å². The first kappa shape index (κ1) is 22.8. The molecule has 0 aromatic heterocycles. The van der Waals surface area contributed by atoms with Crippen LogP contribution in [0.5, 0.6) is 0 Å². The van der Waals surface area contributed by atoms with Crippen molar-refractivity contribution in [3.8, 4) is 0 Å². The quantitative estimate of drug-likeness (QED) is 0.168. The lowest BCUT2D eigenvalue weighted by molar-refractivity contribution is -0.459. The van der Waals surface area contributed by atoms with Gasteiger partial charge in [0.15, 0.2) is 0 Å². The van der Waals surface area contributed by atoms with Gasteiger partial charge in [0.1, 0.15) is 0 Å². The molecule has 0 saturated carbocycles. The van der Waals surface area contributed by atoms with E-state index in [2.05, 4.69) is 25.8 Å². The second kappa shape index (κ2) is 16.6. The molecule has 0 radical (unpaired) electrons. The standard InChI is InChI=1S/C18H35ClN2OS/c1-4-7-9-11-13-15-20-18(23-6-3)21(17(19)22)16-14-12-10-8-5-2/h4-16H2,1-3H3/p+1. The molecule has 0 spiro atoms. The van der Waals surface area contributed by atoms with Crippen LogP contribution in [0.15, 0.2) is 0 Å². The molecule has 23 heavy (non-hydrogen) atoms. The number of hydrogen-bond donors (Lipinski definition) is 1. The van der Waals surface area contributed by atoms with Crippen LogP contribution in [0.4, 0.5) is 4.79 Å². The summed E-state index contributed by atoms with van der Waals surface area (Å²) in [5.74, 6) is 0.939. The van der Waals surface area contributed by atoms with E-state index in [4.69, 9.17) is 11.6 Å². The molecule has 0 fully saturated rings. The number of amides is 1. The van der Waals surface area contributed by atoms with Crippen molar-refractivity contribution in [1.29, 1.82) is 0 Å². The summed E-state index contributed by atoms with van der Waals surface area (Å²) in [6.45, 7) is 8.18. The van der Waals surface area contributed by atoms with Crippen LogP contribution < -0.4 is 4.99 Å². The van der Waals surface area contributed by atoms with Gasteiger partial charge in [-0.3, -0.25) is 4.99 Å². The van der Waals surface area contributed by atoms with E-state index >= 15 is 0 Å². The topological polar surface area (TPSA) is 34.3 Å². The number of thioether (sulfide) groups is 1. The highest BCUT2D eigenvalue weighted by molar-refractivity contribution is 8.13. The molecule has 0 aliphatic rings. The average Bonchev–Trinajstić information content (AvgIpc) is 2.53. The Bertz CT molecular complexity index is 324. The average molecular weight is 364 g/mol. The van der Waals surface area contributed by atoms with E-state index in [1.807, 2.05) is 0 Å². The van der Waals surface area contributed by atoms with Gasteiger partial charge in [-0.2, -0.15) is 4.90 Å². The zero-order valence-corrected chi connectivity index (χ0v) is 16.9. The number of nitrogens with zero attached hydrogens (tertiary/aromatic N) is 1. The van der Waals surface area contributed by atoms with Crippen molar-refractivity contribution in [3.05, 3.63) is 0 Å². The van der Waals surface area contributed by atoms with Crippen LogP contribution in [0, 0.1) is 0 Å². The highest BCUT2D eigenvalue weighted by Crippen LogP contribution is 2.11. The minimum Gasteiger partial charge on any atom is -0.268 e. The number of unbranched alkanes of at least 4 members (excludes halogenated alkanes) is 8. The summed E-state index contributed by atoms with van der Waals surface area (Å²) in [4.78, 5) is 16.9. The number of carbonyl (C=O) groups is 1. The molecule has 5 heteroatoms. The fourth-order valence-electron chi connectivity index (χ4n) is 2.43. The number of amidine groups is 1. The predicted octanol–water partition coefficient (Wildman–Crippen LogP) is 4.78. The van der Waals surface area contributed by atoms with Crippen LogP contribution >= 0.6 is 23.4 Å². The molecule has 1 amide bonds. The Labute approximate surface area is 152 Å². The van der Waals surface area contributed by atoms with Crippen LogP contribution in [0.3, 0.4) is 0 Å². The minimum absolute atomic E-state index is 0.366. The molecule has 0 aliphatic heterocycles. The van der Waals surface area contributed by atoms with Gasteiger partial charge in [-0.15, -0.1) is 0 Å². The Morgan fingerprint density at radius 2 is 1.48 bits per heavy atom. The molecule has 0 bridgehead atoms. The van der Waals surface area contributed by atoms with Crippen molar-refractivity contribution in [2.45, 2.75) is 85.0 Å². The molecule has 136 valence electrons. The van der Waals surface area contributed by atoms with Crippen molar-refractivity contribution < 1.29 is 9.79 Å². The highest BCUT2D eigenvalue weighted by Gasteiger charge is 2.25. The van der Waals surface area contributed by atoms with Gasteiger partial charge < -0.3 is 0 Å². The second-order valence-electron chi connectivity index (χ2n) is 5.90. The molecule has 0 aromatic carbocycles. The van der Waals surface area contributed by atoms with Gasteiger partial charge in [0.05, 0.1) is 13.1 Å². The first-order valence-electron chi connectivity index (χ1n) is 9.37. The summed E-state index contributed by atoms with van der Waals surface area (Å²) in [7, 11) is 0. The smallest absolute Gasteiger partial charge is 0.268 e. The van der Waals surface area contributed by atoms with Crippen molar-refractivity contribution >= 4 is 33.9 Å². The van der Waals surface area contributed by atoms with Crippen molar-refractivity contribution in [3.63, 3.8) is 0 Å². The molecule has 0 saturated heterocycles. The fraction of sp³-hybridized carbons (Fsp3) is 0.889. The highest BCUT2D eigenvalue weighted by atomic mass is 35.5. The Hall–Kier alpha value is -0.220. The number of nitrogens with one attached hydrogen (secondary N) is 1. The van der Waals surface area contributed by atoms with E-state index in [0.717, 1.165) is 43.3 Å². The monoisotopic (exact) mass is 363 g/mol. The largest absolute Gasteiger partial charge is 0.405 e. The summed E-state index contributed by atoms with van der Waals surface area (Å²) in [5.41, 5.74) is 0. The maximum atomic E-state index is 11.8. The molecule has 0 heterocycles. The molecule has 0 unspecified atom stereocenters. The van der Waals surface area contributed by atoms with Gasteiger partial charge in [-0.05, 0) is 37.4 Å². The van der Waals surface area contributed by atoms with Crippen LogP contribution in [0.25, 0.3) is 0 Å². The first-order chi connectivity index (χ1) is 11.2. The molecule has 0 aromatic rings. The lowest BCUT2D eigenvalue weighted by Crippen LogP contribution is -2.76. The fourth-order valence-corrected chi connectivity index (χ4v) is 3.45. The molecule has 3 nitrogen and oxygen atoms in total. The zero-order valence-electron chi connectivity index (χ0n) is 15.3. The Kier molecular flexibility index (Phi) is 16.5. The van der Waals surface area contributed by atoms with E-state index in [1.54, 1.807) is 16.7 Å². The van der Waals surface area contributed by atoms with Crippen molar-refractivity contribution in [2.24, 2.45) is 0 Å². The summed E-state index contributed by atoms with van der Waals surface area (Å²) < 4.78 is 0. The normalized spacial score (nSPS) is 11.7. The number of halogens is 1. The molecule has 1 N–H and O–H groups in total. The third-order valence-electron chi connectivity index (χ3n) is 3.78. The zero-order chi connectivity index (χ0) is 17.3. The maximum absolute atomic E-state index is 11.8. The Morgan fingerprint density at radius 3 is 2.00 bits per heavy atom. The number of hydrogen-bond acceptors (Lipinski definition) is 2. The summed E-state index contributed by atoms with van der Waals surface area (Å²) in [6.07, 6.45) is 12.2. The van der Waals surface area contributed by atoms with Gasteiger partial charge in [0, 0.05) is 17.4 Å².